The monoisotopic (exact) mass is 252 g/mol. The van der Waals surface area contributed by atoms with E-state index >= 15 is 0 Å². The number of amides is 1. The van der Waals surface area contributed by atoms with Gasteiger partial charge in [-0.2, -0.15) is 4.98 Å². The molecule has 0 saturated carbocycles. The van der Waals surface area contributed by atoms with E-state index in [1.54, 1.807) is 19.9 Å². The Labute approximate surface area is 107 Å². The van der Waals surface area contributed by atoms with Crippen LogP contribution in [-0.4, -0.2) is 28.0 Å². The maximum Gasteiger partial charge on any atom is 0.242 e. The van der Waals surface area contributed by atoms with Crippen molar-refractivity contribution in [1.82, 2.24) is 9.97 Å². The number of nitrogens with one attached hydrogen (secondary N) is 1. The number of anilines is 1. The quantitative estimate of drug-likeness (QED) is 0.795. The zero-order valence-electron chi connectivity index (χ0n) is 11.3. The first kappa shape index (κ1) is 14.2. The van der Waals surface area contributed by atoms with Crippen molar-refractivity contribution in [2.75, 3.05) is 11.9 Å². The Hall–Kier alpha value is -1.85. The molecule has 1 aromatic heterocycles. The molecule has 0 spiro atoms. The second kappa shape index (κ2) is 5.66. The Morgan fingerprint density at radius 3 is 2.72 bits per heavy atom. The molecular formula is C12H20N4O2. The third-order valence-corrected chi connectivity index (χ3v) is 2.33. The molecule has 0 unspecified atom stereocenters. The normalized spacial score (nSPS) is 11.1. The molecule has 18 heavy (non-hydrogen) atoms. The lowest BCUT2D eigenvalue weighted by atomic mass is 10.1. The summed E-state index contributed by atoms with van der Waals surface area (Å²) in [5, 5.41) is 2.90. The minimum absolute atomic E-state index is 0.338. The summed E-state index contributed by atoms with van der Waals surface area (Å²) in [4.78, 5) is 19.6. The average Bonchev–Trinajstić information content (AvgIpc) is 2.24. The molecule has 6 nitrogen and oxygen atoms in total. The molecule has 0 atom stereocenters. The van der Waals surface area contributed by atoms with E-state index in [0.717, 1.165) is 12.1 Å². The zero-order valence-corrected chi connectivity index (χ0v) is 11.3. The van der Waals surface area contributed by atoms with Crippen LogP contribution in [0.4, 0.5) is 5.95 Å². The highest BCUT2D eigenvalue weighted by Crippen LogP contribution is 2.16. The van der Waals surface area contributed by atoms with Crippen LogP contribution in [0.3, 0.4) is 0 Å². The van der Waals surface area contributed by atoms with Crippen LogP contribution in [0.1, 0.15) is 32.9 Å². The predicted molar refractivity (Wildman–Crippen MR) is 69.5 cm³/mol. The van der Waals surface area contributed by atoms with Crippen molar-refractivity contribution in [3.63, 3.8) is 0 Å². The molecule has 100 valence electrons. The van der Waals surface area contributed by atoms with Gasteiger partial charge in [0.25, 0.3) is 0 Å². The lowest BCUT2D eigenvalue weighted by molar-refractivity contribution is -0.121. The van der Waals surface area contributed by atoms with Gasteiger partial charge in [-0.25, -0.2) is 4.98 Å². The van der Waals surface area contributed by atoms with E-state index in [1.807, 2.05) is 13.8 Å². The Morgan fingerprint density at radius 2 is 2.17 bits per heavy atom. The summed E-state index contributed by atoms with van der Waals surface area (Å²) in [6.07, 6.45) is 0.901. The summed E-state index contributed by atoms with van der Waals surface area (Å²) in [5.41, 5.74) is 5.14. The molecule has 1 aromatic rings. The van der Waals surface area contributed by atoms with Gasteiger partial charge in [-0.3, -0.25) is 4.79 Å². The van der Waals surface area contributed by atoms with E-state index < -0.39 is 11.4 Å². The lowest BCUT2D eigenvalue weighted by Crippen LogP contribution is -2.45. The van der Waals surface area contributed by atoms with Crippen molar-refractivity contribution in [3.8, 4) is 5.88 Å². The van der Waals surface area contributed by atoms with E-state index in [1.165, 1.54) is 0 Å². The highest BCUT2D eigenvalue weighted by molar-refractivity contribution is 5.86. The van der Waals surface area contributed by atoms with Gasteiger partial charge in [0, 0.05) is 11.8 Å². The first-order valence-electron chi connectivity index (χ1n) is 5.91. The fraction of sp³-hybridized carbons (Fsp3) is 0.583. The van der Waals surface area contributed by atoms with Gasteiger partial charge in [0.05, 0.1) is 6.61 Å². The van der Waals surface area contributed by atoms with Crippen LogP contribution in [0.25, 0.3) is 0 Å². The SMILES string of the molecule is CCCOc1cc(C)nc(NC(C)(C)C(N)=O)n1. The summed E-state index contributed by atoms with van der Waals surface area (Å²) in [5.74, 6) is 0.362. The van der Waals surface area contributed by atoms with Crippen LogP contribution < -0.4 is 15.8 Å². The van der Waals surface area contributed by atoms with Gasteiger partial charge < -0.3 is 15.8 Å². The van der Waals surface area contributed by atoms with Crippen molar-refractivity contribution in [1.29, 1.82) is 0 Å². The highest BCUT2D eigenvalue weighted by atomic mass is 16.5. The van der Waals surface area contributed by atoms with Crippen LogP contribution in [0.5, 0.6) is 5.88 Å². The van der Waals surface area contributed by atoms with E-state index in [0.29, 0.717) is 18.4 Å². The summed E-state index contributed by atoms with van der Waals surface area (Å²) in [7, 11) is 0. The molecule has 1 amide bonds. The van der Waals surface area contributed by atoms with Crippen molar-refractivity contribution >= 4 is 11.9 Å². The molecule has 0 aliphatic heterocycles. The maximum absolute atomic E-state index is 11.2. The summed E-state index contributed by atoms with van der Waals surface area (Å²) in [6, 6.07) is 1.75. The number of rotatable bonds is 6. The van der Waals surface area contributed by atoms with Gasteiger partial charge in [-0.15, -0.1) is 0 Å². The first-order chi connectivity index (χ1) is 8.35. The average molecular weight is 252 g/mol. The van der Waals surface area contributed by atoms with Crippen LogP contribution in [0.2, 0.25) is 0 Å². The Kier molecular flexibility index (Phi) is 4.47. The fourth-order valence-corrected chi connectivity index (χ4v) is 1.22. The minimum Gasteiger partial charge on any atom is -0.478 e. The number of nitrogens with zero attached hydrogens (tertiary/aromatic N) is 2. The number of ether oxygens (including phenoxy) is 1. The molecule has 0 aliphatic carbocycles. The van der Waals surface area contributed by atoms with Crippen molar-refractivity contribution in [3.05, 3.63) is 11.8 Å². The number of primary amides is 1. The third-order valence-electron chi connectivity index (χ3n) is 2.33. The number of hydrogen-bond donors (Lipinski definition) is 2. The van der Waals surface area contributed by atoms with Gasteiger partial charge in [0.1, 0.15) is 5.54 Å². The van der Waals surface area contributed by atoms with Crippen LogP contribution in [0, 0.1) is 6.92 Å². The topological polar surface area (TPSA) is 90.1 Å². The van der Waals surface area contributed by atoms with Gasteiger partial charge in [-0.05, 0) is 27.2 Å². The van der Waals surface area contributed by atoms with E-state index in [4.69, 9.17) is 10.5 Å². The van der Waals surface area contributed by atoms with Gasteiger partial charge in [0.15, 0.2) is 0 Å². The Bertz CT molecular complexity index is 432. The molecule has 0 aromatic carbocycles. The molecule has 0 bridgehead atoms. The second-order valence-electron chi connectivity index (χ2n) is 4.63. The number of hydrogen-bond acceptors (Lipinski definition) is 5. The van der Waals surface area contributed by atoms with Crippen molar-refractivity contribution < 1.29 is 9.53 Å². The molecule has 0 radical (unpaired) electrons. The second-order valence-corrected chi connectivity index (χ2v) is 4.63. The van der Waals surface area contributed by atoms with Crippen LogP contribution in [0.15, 0.2) is 6.07 Å². The molecular weight excluding hydrogens is 232 g/mol. The van der Waals surface area contributed by atoms with Crippen LogP contribution in [-0.2, 0) is 4.79 Å². The molecule has 6 heteroatoms. The molecule has 1 rings (SSSR count). The number of nitrogens with two attached hydrogens (primary N) is 1. The zero-order chi connectivity index (χ0) is 13.8. The number of carbonyl (C=O) groups excluding carboxylic acids is 1. The first-order valence-corrected chi connectivity index (χ1v) is 5.91. The maximum atomic E-state index is 11.2. The fourth-order valence-electron chi connectivity index (χ4n) is 1.22. The Morgan fingerprint density at radius 1 is 1.50 bits per heavy atom. The highest BCUT2D eigenvalue weighted by Gasteiger charge is 2.25. The van der Waals surface area contributed by atoms with Crippen molar-refractivity contribution in [2.45, 2.75) is 39.7 Å². The van der Waals surface area contributed by atoms with E-state index in [2.05, 4.69) is 15.3 Å². The molecule has 0 fully saturated rings. The van der Waals surface area contributed by atoms with Gasteiger partial charge >= 0.3 is 0 Å². The van der Waals surface area contributed by atoms with Gasteiger partial charge in [-0.1, -0.05) is 6.92 Å². The van der Waals surface area contributed by atoms with Crippen molar-refractivity contribution in [2.24, 2.45) is 5.73 Å². The van der Waals surface area contributed by atoms with E-state index in [-0.39, 0.29) is 0 Å². The number of aromatic nitrogens is 2. The summed E-state index contributed by atoms with van der Waals surface area (Å²) >= 11 is 0. The molecule has 3 N–H and O–H groups in total. The minimum atomic E-state index is -0.907. The molecule has 0 saturated heterocycles. The summed E-state index contributed by atoms with van der Waals surface area (Å²) in [6.45, 7) is 7.79. The smallest absolute Gasteiger partial charge is 0.242 e. The molecule has 1 heterocycles. The molecule has 0 aliphatic rings. The number of aryl methyl sites for hydroxylation is 1. The standard InChI is InChI=1S/C12H20N4O2/c1-5-6-18-9-7-8(2)14-11(15-9)16-12(3,4)10(13)17/h7H,5-6H2,1-4H3,(H2,13,17)(H,14,15,16). The van der Waals surface area contributed by atoms with Gasteiger partial charge in [0.2, 0.25) is 17.7 Å². The van der Waals surface area contributed by atoms with E-state index in [9.17, 15) is 4.79 Å². The third kappa shape index (κ3) is 3.87. The predicted octanol–water partition coefficient (Wildman–Crippen LogP) is 1.25. The largest absolute Gasteiger partial charge is 0.478 e. The Balaban J connectivity index is 2.89. The summed E-state index contributed by atoms with van der Waals surface area (Å²) < 4.78 is 5.44. The van der Waals surface area contributed by atoms with Crippen LogP contribution >= 0.6 is 0 Å². The number of carbonyl (C=O) groups is 1. The lowest BCUT2D eigenvalue weighted by Gasteiger charge is -2.22.